The average Bonchev–Trinajstić information content (AvgIpc) is 2.23. The lowest BCUT2D eigenvalue weighted by atomic mass is 9.87. The molecule has 5 heteroatoms. The van der Waals surface area contributed by atoms with Gasteiger partial charge >= 0.3 is 0 Å². The van der Waals surface area contributed by atoms with Gasteiger partial charge in [-0.05, 0) is 46.8 Å². The van der Waals surface area contributed by atoms with Gasteiger partial charge in [-0.1, -0.05) is 17.7 Å². The van der Waals surface area contributed by atoms with Crippen LogP contribution in [0, 0.1) is 6.92 Å². The van der Waals surface area contributed by atoms with Crippen LogP contribution in [0.15, 0.2) is 29.2 Å². The van der Waals surface area contributed by atoms with Crippen LogP contribution in [0.3, 0.4) is 0 Å². The lowest BCUT2D eigenvalue weighted by molar-refractivity contribution is -0.181. The van der Waals surface area contributed by atoms with Crippen molar-refractivity contribution in [3.63, 3.8) is 0 Å². The molecule has 1 aliphatic rings. The Bertz CT molecular complexity index is 584. The molecule has 21 heavy (non-hydrogen) atoms. The molecule has 1 heterocycles. The van der Waals surface area contributed by atoms with Crippen LogP contribution in [-0.2, 0) is 19.0 Å². The largest absolute Gasteiger partial charge is 0.370 e. The van der Waals surface area contributed by atoms with Crippen molar-refractivity contribution >= 4 is 10.1 Å². The Hall–Kier alpha value is -0.910. The molecule has 1 saturated heterocycles. The van der Waals surface area contributed by atoms with Crippen molar-refractivity contribution in [1.82, 2.24) is 0 Å². The van der Waals surface area contributed by atoms with Gasteiger partial charge in [0.1, 0.15) is 0 Å². The predicted molar refractivity (Wildman–Crippen MR) is 81.7 cm³/mol. The molecule has 118 valence electrons. The van der Waals surface area contributed by atoms with Crippen molar-refractivity contribution in [3.05, 3.63) is 29.8 Å². The SMILES string of the molecule is Cc1ccc(S(=O)(=O)OC2CC(C)(C)OC(C)(C)C2)cc1. The fraction of sp³-hybridized carbons (Fsp3) is 0.625. The predicted octanol–water partition coefficient (Wildman–Crippen LogP) is 3.44. The van der Waals surface area contributed by atoms with Gasteiger partial charge in [0.15, 0.2) is 0 Å². The maximum atomic E-state index is 12.4. The van der Waals surface area contributed by atoms with E-state index in [9.17, 15) is 8.42 Å². The van der Waals surface area contributed by atoms with Gasteiger partial charge in [0, 0.05) is 12.8 Å². The lowest BCUT2D eigenvalue weighted by Crippen LogP contribution is -2.48. The molecule has 0 saturated carbocycles. The summed E-state index contributed by atoms with van der Waals surface area (Å²) in [6.45, 7) is 9.76. The van der Waals surface area contributed by atoms with Gasteiger partial charge < -0.3 is 4.74 Å². The molecule has 0 aromatic heterocycles. The van der Waals surface area contributed by atoms with E-state index in [1.165, 1.54) is 0 Å². The first kappa shape index (κ1) is 16.5. The zero-order chi connectivity index (χ0) is 15.9. The van der Waals surface area contributed by atoms with Crippen molar-refractivity contribution < 1.29 is 17.3 Å². The van der Waals surface area contributed by atoms with Crippen LogP contribution in [-0.4, -0.2) is 25.7 Å². The van der Waals surface area contributed by atoms with E-state index in [0.29, 0.717) is 12.8 Å². The van der Waals surface area contributed by atoms with Crippen LogP contribution in [0.25, 0.3) is 0 Å². The summed E-state index contributed by atoms with van der Waals surface area (Å²) in [5, 5.41) is 0. The van der Waals surface area contributed by atoms with E-state index < -0.39 is 21.3 Å². The minimum absolute atomic E-state index is 0.204. The standard InChI is InChI=1S/C16H24O4S/c1-12-6-8-14(9-7-12)21(17,18)19-13-10-15(2,3)20-16(4,5)11-13/h6-9,13H,10-11H2,1-5H3. The number of ether oxygens (including phenoxy) is 1. The Balaban J connectivity index is 2.18. The molecule has 0 bridgehead atoms. The second-order valence-corrected chi connectivity index (χ2v) is 8.59. The molecule has 0 spiro atoms. The third kappa shape index (κ3) is 4.28. The Labute approximate surface area is 127 Å². The summed E-state index contributed by atoms with van der Waals surface area (Å²) in [6.07, 6.45) is 0.748. The number of hydrogen-bond donors (Lipinski definition) is 0. The smallest absolute Gasteiger partial charge is 0.297 e. The van der Waals surface area contributed by atoms with Gasteiger partial charge in [-0.3, -0.25) is 4.18 Å². The minimum atomic E-state index is -3.73. The summed E-state index contributed by atoms with van der Waals surface area (Å²) in [6, 6.07) is 6.71. The third-order valence-corrected chi connectivity index (χ3v) is 4.94. The first-order valence-electron chi connectivity index (χ1n) is 7.19. The first-order valence-corrected chi connectivity index (χ1v) is 8.60. The van der Waals surface area contributed by atoms with Gasteiger partial charge in [-0.15, -0.1) is 0 Å². The fourth-order valence-corrected chi connectivity index (χ4v) is 4.08. The van der Waals surface area contributed by atoms with E-state index in [1.54, 1.807) is 24.3 Å². The number of benzene rings is 1. The summed E-state index contributed by atoms with van der Waals surface area (Å²) in [7, 11) is -3.73. The van der Waals surface area contributed by atoms with Crippen LogP contribution in [0.2, 0.25) is 0 Å². The van der Waals surface area contributed by atoms with Gasteiger partial charge in [0.25, 0.3) is 10.1 Å². The zero-order valence-electron chi connectivity index (χ0n) is 13.3. The van der Waals surface area contributed by atoms with Gasteiger partial charge in [0.05, 0.1) is 22.2 Å². The summed E-state index contributed by atoms with van der Waals surface area (Å²) in [5.41, 5.74) is 0.229. The van der Waals surface area contributed by atoms with Crippen molar-refractivity contribution in [1.29, 1.82) is 0 Å². The molecule has 1 fully saturated rings. The van der Waals surface area contributed by atoms with E-state index in [4.69, 9.17) is 8.92 Å². The van der Waals surface area contributed by atoms with E-state index in [1.807, 2.05) is 34.6 Å². The molecule has 0 aliphatic carbocycles. The maximum absolute atomic E-state index is 12.4. The average molecular weight is 312 g/mol. The molecule has 0 unspecified atom stereocenters. The Morgan fingerprint density at radius 1 is 1.05 bits per heavy atom. The first-order chi connectivity index (χ1) is 9.49. The highest BCUT2D eigenvalue weighted by Gasteiger charge is 2.41. The molecule has 4 nitrogen and oxygen atoms in total. The molecule has 1 aliphatic heterocycles. The van der Waals surface area contributed by atoms with Crippen LogP contribution in [0.1, 0.15) is 46.1 Å². The molecule has 0 N–H and O–H groups in total. The second kappa shape index (κ2) is 5.38. The number of aryl methyl sites for hydroxylation is 1. The van der Waals surface area contributed by atoms with Crippen LogP contribution >= 0.6 is 0 Å². The van der Waals surface area contributed by atoms with E-state index in [2.05, 4.69) is 0 Å². The Morgan fingerprint density at radius 2 is 1.52 bits per heavy atom. The topological polar surface area (TPSA) is 52.6 Å². The van der Waals surface area contributed by atoms with Gasteiger partial charge in [-0.2, -0.15) is 8.42 Å². The van der Waals surface area contributed by atoms with Crippen molar-refractivity contribution in [2.75, 3.05) is 0 Å². The van der Waals surface area contributed by atoms with Crippen molar-refractivity contribution in [2.45, 2.75) is 69.7 Å². The highest BCUT2D eigenvalue weighted by atomic mass is 32.2. The quantitative estimate of drug-likeness (QED) is 0.802. The lowest BCUT2D eigenvalue weighted by Gasteiger charge is -2.44. The van der Waals surface area contributed by atoms with Gasteiger partial charge in [-0.25, -0.2) is 0 Å². The molecular weight excluding hydrogens is 288 g/mol. The summed E-state index contributed by atoms with van der Waals surface area (Å²) in [4.78, 5) is 0.204. The molecule has 0 atom stereocenters. The second-order valence-electron chi connectivity index (χ2n) is 7.02. The monoisotopic (exact) mass is 312 g/mol. The Kier molecular flexibility index (Phi) is 4.21. The number of hydrogen-bond acceptors (Lipinski definition) is 4. The Morgan fingerprint density at radius 3 is 2.00 bits per heavy atom. The highest BCUT2D eigenvalue weighted by Crippen LogP contribution is 2.37. The van der Waals surface area contributed by atoms with Crippen molar-refractivity contribution in [3.8, 4) is 0 Å². The van der Waals surface area contributed by atoms with E-state index >= 15 is 0 Å². The zero-order valence-corrected chi connectivity index (χ0v) is 14.2. The molecule has 0 radical (unpaired) electrons. The van der Waals surface area contributed by atoms with Crippen molar-refractivity contribution in [2.24, 2.45) is 0 Å². The molecule has 0 amide bonds. The summed E-state index contributed by atoms with van der Waals surface area (Å²) >= 11 is 0. The van der Waals surface area contributed by atoms with Crippen LogP contribution < -0.4 is 0 Å². The van der Waals surface area contributed by atoms with E-state index in [-0.39, 0.29) is 11.0 Å². The summed E-state index contributed by atoms with van der Waals surface area (Å²) < 4.78 is 36.2. The van der Waals surface area contributed by atoms with Crippen LogP contribution in [0.4, 0.5) is 0 Å². The number of rotatable bonds is 3. The molecule has 2 rings (SSSR count). The van der Waals surface area contributed by atoms with Crippen LogP contribution in [0.5, 0.6) is 0 Å². The minimum Gasteiger partial charge on any atom is -0.370 e. The third-order valence-electron chi connectivity index (χ3n) is 3.56. The van der Waals surface area contributed by atoms with Gasteiger partial charge in [0.2, 0.25) is 0 Å². The molecule has 1 aromatic rings. The maximum Gasteiger partial charge on any atom is 0.297 e. The highest BCUT2D eigenvalue weighted by molar-refractivity contribution is 7.86. The molecular formula is C16H24O4S. The van der Waals surface area contributed by atoms with E-state index in [0.717, 1.165) is 5.56 Å². The molecule has 1 aromatic carbocycles. The summed E-state index contributed by atoms with van der Waals surface area (Å²) in [5.74, 6) is 0. The normalized spacial score (nSPS) is 22.1. The fourth-order valence-electron chi connectivity index (χ4n) is 3.01.